The van der Waals surface area contributed by atoms with E-state index in [1.54, 1.807) is 18.5 Å². The SMILES string of the molecule is CS(=O)(=O)NCc1nc(NC(=O)Nc2ccncc2C(=O)C2CCCC2)sc1Sc1ncc[nH]1. The van der Waals surface area contributed by atoms with Crippen LogP contribution in [-0.4, -0.2) is 46.4 Å². The second-order valence-electron chi connectivity index (χ2n) is 7.69. The zero-order valence-corrected chi connectivity index (χ0v) is 20.6. The van der Waals surface area contributed by atoms with Gasteiger partial charge in [-0.05, 0) is 30.7 Å². The third kappa shape index (κ3) is 6.40. The van der Waals surface area contributed by atoms with E-state index in [1.807, 2.05) is 0 Å². The molecule has 3 aromatic rings. The van der Waals surface area contributed by atoms with E-state index < -0.39 is 16.1 Å². The minimum absolute atomic E-state index is 0.0126. The fourth-order valence-electron chi connectivity index (χ4n) is 3.53. The standard InChI is InChI=1S/C20H23N7O4S3/c1-34(30,31)24-11-15-17(32-19-22-8-9-23-19)33-20(26-15)27-18(29)25-14-6-7-21-10-13(14)16(28)12-4-2-3-5-12/h6-10,12,24H,2-5,11H2,1H3,(H,22,23)(H2,21,25,26,27,29). The summed E-state index contributed by atoms with van der Waals surface area (Å²) in [5.41, 5.74) is 1.22. The van der Waals surface area contributed by atoms with Crippen LogP contribution < -0.4 is 15.4 Å². The molecule has 0 bridgehead atoms. The molecule has 0 unspecified atom stereocenters. The van der Waals surface area contributed by atoms with E-state index in [1.165, 1.54) is 35.5 Å². The van der Waals surface area contributed by atoms with Crippen LogP contribution in [-0.2, 0) is 16.6 Å². The van der Waals surface area contributed by atoms with E-state index in [0.29, 0.717) is 26.3 Å². The van der Waals surface area contributed by atoms with Gasteiger partial charge < -0.3 is 10.3 Å². The number of Topliss-reactive ketones (excluding diaryl/α,β-unsaturated/α-hetero) is 1. The number of anilines is 2. The van der Waals surface area contributed by atoms with Crippen LogP contribution in [0.15, 0.2) is 40.2 Å². The number of carbonyl (C=O) groups is 2. The van der Waals surface area contributed by atoms with Gasteiger partial charge in [-0.15, -0.1) is 0 Å². The van der Waals surface area contributed by atoms with E-state index in [-0.39, 0.29) is 23.4 Å². The number of pyridine rings is 1. The molecule has 1 saturated carbocycles. The number of aromatic nitrogens is 4. The Morgan fingerprint density at radius 1 is 1.24 bits per heavy atom. The molecular weight excluding hydrogens is 498 g/mol. The van der Waals surface area contributed by atoms with Gasteiger partial charge in [-0.1, -0.05) is 24.2 Å². The van der Waals surface area contributed by atoms with Crippen LogP contribution in [0.1, 0.15) is 41.7 Å². The number of sulfonamides is 1. The van der Waals surface area contributed by atoms with Crippen molar-refractivity contribution in [1.29, 1.82) is 0 Å². The maximum Gasteiger partial charge on any atom is 0.325 e. The zero-order chi connectivity index (χ0) is 24.1. The highest BCUT2D eigenvalue weighted by atomic mass is 32.2. The molecule has 3 heterocycles. The number of hydrogen-bond donors (Lipinski definition) is 4. The van der Waals surface area contributed by atoms with Crippen molar-refractivity contribution in [2.24, 2.45) is 5.92 Å². The minimum Gasteiger partial charge on any atom is -0.339 e. The number of urea groups is 1. The molecule has 1 fully saturated rings. The summed E-state index contributed by atoms with van der Waals surface area (Å²) in [5, 5.41) is 6.26. The second kappa shape index (κ2) is 10.6. The van der Waals surface area contributed by atoms with E-state index in [9.17, 15) is 18.0 Å². The van der Waals surface area contributed by atoms with Gasteiger partial charge in [-0.25, -0.2) is 27.9 Å². The van der Waals surface area contributed by atoms with Crippen LogP contribution in [0.3, 0.4) is 0 Å². The summed E-state index contributed by atoms with van der Waals surface area (Å²) in [5.74, 6) is -0.0562. The smallest absolute Gasteiger partial charge is 0.325 e. The van der Waals surface area contributed by atoms with E-state index in [0.717, 1.165) is 31.9 Å². The molecule has 0 aromatic carbocycles. The van der Waals surface area contributed by atoms with Crippen molar-refractivity contribution in [3.63, 3.8) is 0 Å². The first-order valence-electron chi connectivity index (χ1n) is 10.5. The molecule has 11 nitrogen and oxygen atoms in total. The summed E-state index contributed by atoms with van der Waals surface area (Å²) >= 11 is 2.46. The zero-order valence-electron chi connectivity index (χ0n) is 18.2. The van der Waals surface area contributed by atoms with E-state index >= 15 is 0 Å². The molecule has 0 spiro atoms. The topological polar surface area (TPSA) is 159 Å². The molecule has 34 heavy (non-hydrogen) atoms. The molecule has 4 N–H and O–H groups in total. The predicted octanol–water partition coefficient (Wildman–Crippen LogP) is 3.48. The summed E-state index contributed by atoms with van der Waals surface area (Å²) in [4.78, 5) is 41.1. The van der Waals surface area contributed by atoms with Crippen molar-refractivity contribution >= 4 is 55.8 Å². The molecule has 0 saturated heterocycles. The number of ketones is 1. The Morgan fingerprint density at radius 2 is 2.03 bits per heavy atom. The number of nitrogens with zero attached hydrogens (tertiary/aromatic N) is 3. The Kier molecular flexibility index (Phi) is 7.60. The van der Waals surface area contributed by atoms with E-state index in [2.05, 4.69) is 35.3 Å². The number of nitrogens with one attached hydrogen (secondary N) is 4. The van der Waals surface area contributed by atoms with Gasteiger partial charge in [0.2, 0.25) is 10.0 Å². The second-order valence-corrected chi connectivity index (χ2v) is 11.8. The summed E-state index contributed by atoms with van der Waals surface area (Å²) in [6.07, 6.45) is 11.1. The molecule has 3 aromatic heterocycles. The minimum atomic E-state index is -3.43. The quantitative estimate of drug-likeness (QED) is 0.312. The molecule has 180 valence electrons. The maximum absolute atomic E-state index is 12.9. The fourth-order valence-corrected chi connectivity index (χ4v) is 5.94. The van der Waals surface area contributed by atoms with Gasteiger partial charge in [0.05, 0.1) is 34.0 Å². The number of thiazole rings is 1. The summed E-state index contributed by atoms with van der Waals surface area (Å²) < 4.78 is 26.1. The monoisotopic (exact) mass is 521 g/mol. The lowest BCUT2D eigenvalue weighted by atomic mass is 9.96. The Labute approximate surface area is 204 Å². The van der Waals surface area contributed by atoms with Crippen molar-refractivity contribution < 1.29 is 18.0 Å². The number of H-pyrrole nitrogens is 1. The first kappa shape index (κ1) is 24.3. The van der Waals surface area contributed by atoms with Crippen molar-refractivity contribution in [3.05, 3.63) is 42.1 Å². The summed E-state index contributed by atoms with van der Waals surface area (Å²) in [7, 11) is -3.43. The average Bonchev–Trinajstić information content (AvgIpc) is 3.55. The number of aromatic amines is 1. The largest absolute Gasteiger partial charge is 0.339 e. The highest BCUT2D eigenvalue weighted by Gasteiger charge is 2.26. The summed E-state index contributed by atoms with van der Waals surface area (Å²) in [6.45, 7) is -0.0356. The number of hydrogen-bond acceptors (Lipinski definition) is 9. The van der Waals surface area contributed by atoms with Gasteiger partial charge in [-0.3, -0.25) is 15.1 Å². The third-order valence-electron chi connectivity index (χ3n) is 5.11. The van der Waals surface area contributed by atoms with Gasteiger partial charge in [0.1, 0.15) is 0 Å². The maximum atomic E-state index is 12.9. The molecule has 1 aliphatic rings. The lowest BCUT2D eigenvalue weighted by Crippen LogP contribution is -2.23. The fraction of sp³-hybridized carbons (Fsp3) is 0.350. The molecule has 1 aliphatic carbocycles. The van der Waals surface area contributed by atoms with Crippen molar-refractivity contribution in [2.45, 2.75) is 41.6 Å². The first-order valence-corrected chi connectivity index (χ1v) is 14.0. The number of carbonyl (C=O) groups excluding carboxylic acids is 2. The van der Waals surface area contributed by atoms with Crippen LogP contribution in [0, 0.1) is 5.92 Å². The van der Waals surface area contributed by atoms with E-state index in [4.69, 9.17) is 0 Å². The predicted molar refractivity (Wildman–Crippen MR) is 130 cm³/mol. The molecule has 2 amide bonds. The molecular formula is C20H23N7O4S3. The Morgan fingerprint density at radius 3 is 2.74 bits per heavy atom. The average molecular weight is 522 g/mol. The molecule has 14 heteroatoms. The number of imidazole rings is 1. The van der Waals surface area contributed by atoms with Gasteiger partial charge in [-0.2, -0.15) is 0 Å². The lowest BCUT2D eigenvalue weighted by Gasteiger charge is -2.13. The third-order valence-corrected chi connectivity index (χ3v) is 7.92. The van der Waals surface area contributed by atoms with Gasteiger partial charge >= 0.3 is 6.03 Å². The number of amides is 2. The van der Waals surface area contributed by atoms with Crippen LogP contribution in [0.25, 0.3) is 0 Å². The molecule has 0 radical (unpaired) electrons. The van der Waals surface area contributed by atoms with Gasteiger partial charge in [0.25, 0.3) is 0 Å². The molecule has 4 rings (SSSR count). The first-order chi connectivity index (χ1) is 16.3. The normalized spacial score (nSPS) is 14.3. The Hall–Kier alpha value is -2.81. The highest BCUT2D eigenvalue weighted by Crippen LogP contribution is 2.36. The van der Waals surface area contributed by atoms with Crippen LogP contribution in [0.2, 0.25) is 0 Å². The Bertz CT molecular complexity index is 1270. The van der Waals surface area contributed by atoms with Gasteiger partial charge in [0, 0.05) is 30.7 Å². The van der Waals surface area contributed by atoms with Crippen LogP contribution in [0.5, 0.6) is 0 Å². The highest BCUT2D eigenvalue weighted by molar-refractivity contribution is 8.01. The van der Waals surface area contributed by atoms with Crippen molar-refractivity contribution in [3.8, 4) is 0 Å². The molecule has 0 aliphatic heterocycles. The van der Waals surface area contributed by atoms with Crippen LogP contribution >= 0.6 is 23.1 Å². The van der Waals surface area contributed by atoms with Gasteiger partial charge in [0.15, 0.2) is 16.1 Å². The molecule has 0 atom stereocenters. The van der Waals surface area contributed by atoms with Crippen LogP contribution in [0.4, 0.5) is 15.6 Å². The summed E-state index contributed by atoms with van der Waals surface area (Å²) in [6, 6.07) is 1.01. The van der Waals surface area contributed by atoms with Crippen molar-refractivity contribution in [2.75, 3.05) is 16.9 Å². The number of rotatable bonds is 9. The Balaban J connectivity index is 1.48. The lowest BCUT2D eigenvalue weighted by molar-refractivity contribution is 0.0923. The van der Waals surface area contributed by atoms with Crippen molar-refractivity contribution in [1.82, 2.24) is 24.7 Å².